The van der Waals surface area contributed by atoms with Crippen molar-refractivity contribution in [1.29, 1.82) is 0 Å². The van der Waals surface area contributed by atoms with Crippen LogP contribution in [0.3, 0.4) is 0 Å². The van der Waals surface area contributed by atoms with Gasteiger partial charge in [0, 0.05) is 12.1 Å². The van der Waals surface area contributed by atoms with Gasteiger partial charge in [0.2, 0.25) is 5.91 Å². The second-order valence-electron chi connectivity index (χ2n) is 6.69. The smallest absolute Gasteiger partial charge is 0.258 e. The van der Waals surface area contributed by atoms with Gasteiger partial charge in [0.05, 0.1) is 23.4 Å². The summed E-state index contributed by atoms with van der Waals surface area (Å²) < 4.78 is 5.71. The first-order valence-electron chi connectivity index (χ1n) is 8.65. The summed E-state index contributed by atoms with van der Waals surface area (Å²) in [5, 5.41) is 1.15. The number of hydrogen-bond donors (Lipinski definition) is 1. The van der Waals surface area contributed by atoms with Crippen molar-refractivity contribution in [2.45, 2.75) is 13.0 Å². The summed E-state index contributed by atoms with van der Waals surface area (Å²) in [4.78, 5) is 33.8. The topological polar surface area (TPSA) is 75.3 Å². The third kappa shape index (κ3) is 3.53. The summed E-state index contributed by atoms with van der Waals surface area (Å²) in [5.41, 5.74) is 1.33. The van der Waals surface area contributed by atoms with Crippen LogP contribution < -0.4 is 10.3 Å². The summed E-state index contributed by atoms with van der Waals surface area (Å²) in [6.45, 7) is 0.539. The van der Waals surface area contributed by atoms with Gasteiger partial charge in [-0.25, -0.2) is 4.98 Å². The highest BCUT2D eigenvalue weighted by molar-refractivity contribution is 6.30. The molecule has 1 atom stereocenters. The first-order chi connectivity index (χ1) is 13.0. The highest BCUT2D eigenvalue weighted by atomic mass is 35.5. The van der Waals surface area contributed by atoms with E-state index in [9.17, 15) is 9.59 Å². The van der Waals surface area contributed by atoms with Crippen LogP contribution in [0.5, 0.6) is 5.75 Å². The average molecular weight is 384 g/mol. The van der Waals surface area contributed by atoms with E-state index in [0.717, 1.165) is 11.3 Å². The van der Waals surface area contributed by atoms with E-state index in [2.05, 4.69) is 9.97 Å². The second-order valence-corrected chi connectivity index (χ2v) is 7.12. The Kier molecular flexibility index (Phi) is 4.58. The molecule has 0 bridgehead atoms. The molecule has 1 N–H and O–H groups in total. The Morgan fingerprint density at radius 2 is 2.15 bits per heavy atom. The molecule has 6 nitrogen and oxygen atoms in total. The largest absolute Gasteiger partial charge is 0.492 e. The predicted molar refractivity (Wildman–Crippen MR) is 103 cm³/mol. The number of para-hydroxylation sites is 1. The van der Waals surface area contributed by atoms with E-state index in [0.29, 0.717) is 34.8 Å². The van der Waals surface area contributed by atoms with Crippen molar-refractivity contribution in [3.05, 3.63) is 69.2 Å². The molecule has 1 aliphatic rings. The van der Waals surface area contributed by atoms with Crippen molar-refractivity contribution in [2.24, 2.45) is 5.92 Å². The summed E-state index contributed by atoms with van der Waals surface area (Å²) in [7, 11) is 1.70. The summed E-state index contributed by atoms with van der Waals surface area (Å²) in [6, 6.07) is 12.6. The summed E-state index contributed by atoms with van der Waals surface area (Å²) >= 11 is 6.04. The van der Waals surface area contributed by atoms with Crippen LogP contribution >= 0.6 is 11.6 Å². The molecule has 0 saturated carbocycles. The molecule has 0 fully saturated rings. The quantitative estimate of drug-likeness (QED) is 0.754. The van der Waals surface area contributed by atoms with Crippen LogP contribution in [-0.4, -0.2) is 34.4 Å². The SMILES string of the molecule is CN(Cc1nc2ccccc2c(=O)[nH]1)C(=O)C1COc2ccc(Cl)cc2C1. The third-order valence-corrected chi connectivity index (χ3v) is 4.94. The fourth-order valence-electron chi connectivity index (χ4n) is 3.35. The number of aromatic nitrogens is 2. The number of fused-ring (bicyclic) bond motifs is 2. The summed E-state index contributed by atoms with van der Waals surface area (Å²) in [6.07, 6.45) is 0.570. The molecule has 138 valence electrons. The molecule has 0 saturated heterocycles. The minimum absolute atomic E-state index is 0.0589. The lowest BCUT2D eigenvalue weighted by molar-refractivity contribution is -0.136. The lowest BCUT2D eigenvalue weighted by atomic mass is 9.95. The van der Waals surface area contributed by atoms with Crippen molar-refractivity contribution in [3.63, 3.8) is 0 Å². The number of nitrogens with zero attached hydrogens (tertiary/aromatic N) is 2. The molecule has 0 spiro atoms. The van der Waals surface area contributed by atoms with Crippen molar-refractivity contribution in [2.75, 3.05) is 13.7 Å². The van der Waals surface area contributed by atoms with Crippen LogP contribution in [0.1, 0.15) is 11.4 Å². The van der Waals surface area contributed by atoms with Gasteiger partial charge < -0.3 is 14.6 Å². The van der Waals surface area contributed by atoms with Gasteiger partial charge in [-0.3, -0.25) is 9.59 Å². The maximum Gasteiger partial charge on any atom is 0.258 e. The van der Waals surface area contributed by atoms with E-state index in [1.807, 2.05) is 18.2 Å². The van der Waals surface area contributed by atoms with E-state index >= 15 is 0 Å². The van der Waals surface area contributed by atoms with Gasteiger partial charge in [-0.1, -0.05) is 23.7 Å². The number of halogens is 1. The van der Waals surface area contributed by atoms with Gasteiger partial charge in [-0.05, 0) is 42.3 Å². The van der Waals surface area contributed by atoms with Gasteiger partial charge in [0.25, 0.3) is 5.56 Å². The van der Waals surface area contributed by atoms with E-state index in [1.54, 1.807) is 36.2 Å². The fourth-order valence-corrected chi connectivity index (χ4v) is 3.54. The third-order valence-electron chi connectivity index (χ3n) is 4.70. The Morgan fingerprint density at radius 1 is 1.33 bits per heavy atom. The van der Waals surface area contributed by atoms with Crippen LogP contribution in [-0.2, 0) is 17.8 Å². The van der Waals surface area contributed by atoms with Gasteiger partial charge in [-0.2, -0.15) is 0 Å². The number of rotatable bonds is 3. The van der Waals surface area contributed by atoms with Crippen molar-refractivity contribution in [3.8, 4) is 5.75 Å². The van der Waals surface area contributed by atoms with Crippen LogP contribution in [0, 0.1) is 5.92 Å². The van der Waals surface area contributed by atoms with Gasteiger partial charge in [-0.15, -0.1) is 0 Å². The Bertz CT molecular complexity index is 1080. The normalized spacial score (nSPS) is 15.9. The Hall–Kier alpha value is -2.86. The molecule has 3 aromatic rings. The highest BCUT2D eigenvalue weighted by Gasteiger charge is 2.28. The number of hydrogen-bond acceptors (Lipinski definition) is 4. The van der Waals surface area contributed by atoms with Gasteiger partial charge in [0.15, 0.2) is 0 Å². The zero-order chi connectivity index (χ0) is 19.0. The number of nitrogens with one attached hydrogen (secondary N) is 1. The molecule has 4 rings (SSSR count). The fraction of sp³-hybridized carbons (Fsp3) is 0.250. The molecule has 2 aromatic carbocycles. The molecular formula is C20H18ClN3O3. The number of benzene rings is 2. The maximum atomic E-state index is 12.8. The summed E-state index contributed by atoms with van der Waals surface area (Å²) in [5.74, 6) is 0.867. The maximum absolute atomic E-state index is 12.8. The highest BCUT2D eigenvalue weighted by Crippen LogP contribution is 2.30. The Balaban J connectivity index is 1.51. The van der Waals surface area contributed by atoms with Crippen molar-refractivity contribution < 1.29 is 9.53 Å². The number of aromatic amines is 1. The molecule has 1 unspecified atom stereocenters. The molecule has 2 heterocycles. The molecule has 7 heteroatoms. The molecule has 1 aliphatic heterocycles. The molecule has 1 aromatic heterocycles. The minimum atomic E-state index is -0.298. The monoisotopic (exact) mass is 383 g/mol. The number of amides is 1. The second kappa shape index (κ2) is 7.04. The van der Waals surface area contributed by atoms with Gasteiger partial charge >= 0.3 is 0 Å². The van der Waals surface area contributed by atoms with Crippen molar-refractivity contribution in [1.82, 2.24) is 14.9 Å². The Labute approximate surface area is 160 Å². The minimum Gasteiger partial charge on any atom is -0.492 e. The number of carbonyl (C=O) groups excluding carboxylic acids is 1. The van der Waals surface area contributed by atoms with Crippen LogP contribution in [0.4, 0.5) is 0 Å². The van der Waals surface area contributed by atoms with Crippen LogP contribution in [0.2, 0.25) is 5.02 Å². The van der Waals surface area contributed by atoms with Gasteiger partial charge in [0.1, 0.15) is 18.2 Å². The molecule has 27 heavy (non-hydrogen) atoms. The van der Waals surface area contributed by atoms with E-state index in [4.69, 9.17) is 16.3 Å². The first-order valence-corrected chi connectivity index (χ1v) is 9.03. The van der Waals surface area contributed by atoms with E-state index < -0.39 is 0 Å². The van der Waals surface area contributed by atoms with Crippen molar-refractivity contribution >= 4 is 28.4 Å². The van der Waals surface area contributed by atoms with Crippen LogP contribution in [0.25, 0.3) is 10.9 Å². The molecule has 1 amide bonds. The lowest BCUT2D eigenvalue weighted by Gasteiger charge is -2.28. The first kappa shape index (κ1) is 17.5. The zero-order valence-corrected chi connectivity index (χ0v) is 15.5. The standard InChI is InChI=1S/C20H18ClN3O3/c1-24(10-18-22-16-5-3-2-4-15(16)19(25)23-18)20(26)13-8-12-9-14(21)6-7-17(12)27-11-13/h2-7,9,13H,8,10-11H2,1H3,(H,22,23,25). The van der Waals surface area contributed by atoms with E-state index in [1.165, 1.54) is 0 Å². The Morgan fingerprint density at radius 3 is 3.00 bits per heavy atom. The molecule has 0 radical (unpaired) electrons. The van der Waals surface area contributed by atoms with E-state index in [-0.39, 0.29) is 23.9 Å². The average Bonchev–Trinajstić information content (AvgIpc) is 2.66. The molecule has 0 aliphatic carbocycles. The number of ether oxygens (including phenoxy) is 1. The number of carbonyl (C=O) groups is 1. The lowest BCUT2D eigenvalue weighted by Crippen LogP contribution is -2.38. The number of H-pyrrole nitrogens is 1. The van der Waals surface area contributed by atoms with Crippen LogP contribution in [0.15, 0.2) is 47.3 Å². The molecular weight excluding hydrogens is 366 g/mol. The zero-order valence-electron chi connectivity index (χ0n) is 14.7. The predicted octanol–water partition coefficient (Wildman–Crippen LogP) is 2.79.